The van der Waals surface area contributed by atoms with Crippen LogP contribution in [0, 0.1) is 6.92 Å². The fourth-order valence-electron chi connectivity index (χ4n) is 1.98. The summed E-state index contributed by atoms with van der Waals surface area (Å²) in [6.07, 6.45) is 0.313. The van der Waals surface area contributed by atoms with E-state index < -0.39 is 0 Å². The Balaban J connectivity index is 1.92. The molecule has 21 heavy (non-hydrogen) atoms. The number of aliphatic hydroxyl groups excluding tert-OH is 1. The first-order valence-corrected chi connectivity index (χ1v) is 7.79. The second-order valence-corrected chi connectivity index (χ2v) is 6.44. The highest BCUT2D eigenvalue weighted by Gasteiger charge is 2.10. The summed E-state index contributed by atoms with van der Waals surface area (Å²) in [7, 11) is 1.86. The van der Waals surface area contributed by atoms with E-state index in [9.17, 15) is 9.90 Å². The molecule has 114 valence electrons. The first-order valence-electron chi connectivity index (χ1n) is 6.97. The van der Waals surface area contributed by atoms with Crippen molar-refractivity contribution in [2.75, 3.05) is 25.5 Å². The van der Waals surface area contributed by atoms with Crippen molar-refractivity contribution in [1.82, 2.24) is 9.88 Å². The third-order valence-electron chi connectivity index (χ3n) is 3.13. The number of amides is 1. The highest BCUT2D eigenvalue weighted by Crippen LogP contribution is 2.26. The van der Waals surface area contributed by atoms with Crippen molar-refractivity contribution >= 4 is 32.6 Å². The van der Waals surface area contributed by atoms with Crippen molar-refractivity contribution in [1.29, 1.82) is 0 Å². The van der Waals surface area contributed by atoms with Gasteiger partial charge in [0, 0.05) is 6.54 Å². The Hall–Kier alpha value is -1.50. The van der Waals surface area contributed by atoms with Crippen molar-refractivity contribution in [2.24, 2.45) is 0 Å². The van der Waals surface area contributed by atoms with Gasteiger partial charge in [-0.05, 0) is 45.0 Å². The molecule has 0 fully saturated rings. The Morgan fingerprint density at radius 3 is 3.00 bits per heavy atom. The molecular formula is C15H21N3O2S. The maximum Gasteiger partial charge on any atom is 0.240 e. The maximum atomic E-state index is 12.0. The molecule has 6 heteroatoms. The number of aryl methyl sites for hydroxylation is 1. The molecule has 1 unspecified atom stereocenters. The van der Waals surface area contributed by atoms with Crippen LogP contribution in [0.4, 0.5) is 5.13 Å². The fraction of sp³-hybridized carbons (Fsp3) is 0.467. The SMILES string of the molecule is Cc1ccc2nc(NC(=O)CN(C)CCC(C)O)sc2c1. The monoisotopic (exact) mass is 307 g/mol. The number of benzene rings is 1. The number of rotatable bonds is 6. The summed E-state index contributed by atoms with van der Waals surface area (Å²) < 4.78 is 1.08. The highest BCUT2D eigenvalue weighted by molar-refractivity contribution is 7.22. The van der Waals surface area contributed by atoms with Gasteiger partial charge in [-0.2, -0.15) is 0 Å². The molecule has 1 aromatic heterocycles. The van der Waals surface area contributed by atoms with Crippen molar-refractivity contribution in [3.8, 4) is 0 Å². The number of carbonyl (C=O) groups is 1. The van der Waals surface area contributed by atoms with E-state index in [0.717, 1.165) is 10.2 Å². The Kier molecular flexibility index (Phi) is 5.27. The van der Waals surface area contributed by atoms with Crippen LogP contribution >= 0.6 is 11.3 Å². The minimum Gasteiger partial charge on any atom is -0.393 e. The van der Waals surface area contributed by atoms with Gasteiger partial charge in [0.15, 0.2) is 5.13 Å². The molecule has 5 nitrogen and oxygen atoms in total. The molecule has 0 aliphatic heterocycles. The molecule has 0 aliphatic carbocycles. The zero-order valence-corrected chi connectivity index (χ0v) is 13.4. The third-order valence-corrected chi connectivity index (χ3v) is 4.07. The van der Waals surface area contributed by atoms with Gasteiger partial charge in [-0.15, -0.1) is 0 Å². The van der Waals surface area contributed by atoms with Crippen LogP contribution in [0.2, 0.25) is 0 Å². The van der Waals surface area contributed by atoms with E-state index in [1.165, 1.54) is 16.9 Å². The second-order valence-electron chi connectivity index (χ2n) is 5.41. The van der Waals surface area contributed by atoms with Crippen LogP contribution in [0.5, 0.6) is 0 Å². The van der Waals surface area contributed by atoms with E-state index >= 15 is 0 Å². The van der Waals surface area contributed by atoms with Gasteiger partial charge < -0.3 is 10.4 Å². The number of aliphatic hydroxyl groups is 1. The fourth-order valence-corrected chi connectivity index (χ4v) is 2.96. The number of nitrogens with one attached hydrogen (secondary N) is 1. The largest absolute Gasteiger partial charge is 0.393 e. The Morgan fingerprint density at radius 2 is 2.29 bits per heavy atom. The summed E-state index contributed by atoms with van der Waals surface area (Å²) in [4.78, 5) is 18.3. The van der Waals surface area contributed by atoms with Crippen molar-refractivity contribution in [2.45, 2.75) is 26.4 Å². The minimum atomic E-state index is -0.344. The summed E-state index contributed by atoms with van der Waals surface area (Å²) >= 11 is 1.48. The molecule has 1 aromatic carbocycles. The van der Waals surface area contributed by atoms with Crippen molar-refractivity contribution < 1.29 is 9.90 Å². The molecule has 0 saturated carbocycles. The quantitative estimate of drug-likeness (QED) is 0.859. The number of nitrogens with zero attached hydrogens (tertiary/aromatic N) is 2. The van der Waals surface area contributed by atoms with Crippen molar-refractivity contribution in [3.63, 3.8) is 0 Å². The number of hydrogen-bond acceptors (Lipinski definition) is 5. The Labute approximate surface area is 128 Å². The molecule has 2 rings (SSSR count). The first kappa shape index (κ1) is 15.9. The maximum absolute atomic E-state index is 12.0. The molecule has 0 spiro atoms. The predicted molar refractivity (Wildman–Crippen MR) is 86.8 cm³/mol. The lowest BCUT2D eigenvalue weighted by molar-refractivity contribution is -0.117. The van der Waals surface area contributed by atoms with E-state index in [2.05, 4.69) is 16.4 Å². The van der Waals surface area contributed by atoms with Crippen molar-refractivity contribution in [3.05, 3.63) is 23.8 Å². The first-order chi connectivity index (χ1) is 9.94. The van der Waals surface area contributed by atoms with Crippen LogP contribution in [0.15, 0.2) is 18.2 Å². The molecule has 1 heterocycles. The molecule has 0 bridgehead atoms. The molecule has 0 saturated heterocycles. The van der Waals surface area contributed by atoms with Gasteiger partial charge >= 0.3 is 0 Å². The topological polar surface area (TPSA) is 65.5 Å². The zero-order valence-electron chi connectivity index (χ0n) is 12.6. The van der Waals surface area contributed by atoms with Gasteiger partial charge in [-0.3, -0.25) is 9.69 Å². The summed E-state index contributed by atoms with van der Waals surface area (Å²) in [6, 6.07) is 6.04. The summed E-state index contributed by atoms with van der Waals surface area (Å²) in [5.74, 6) is -0.0844. The van der Waals surface area contributed by atoms with E-state index in [1.54, 1.807) is 6.92 Å². The molecule has 0 radical (unpaired) electrons. The lowest BCUT2D eigenvalue weighted by Gasteiger charge is -2.16. The van der Waals surface area contributed by atoms with Crippen LogP contribution in [-0.2, 0) is 4.79 Å². The molecule has 1 atom stereocenters. The van der Waals surface area contributed by atoms with E-state index in [1.807, 2.05) is 31.0 Å². The average Bonchev–Trinajstić information content (AvgIpc) is 2.77. The number of hydrogen-bond donors (Lipinski definition) is 2. The second kappa shape index (κ2) is 6.98. The van der Waals surface area contributed by atoms with Crippen LogP contribution in [0.3, 0.4) is 0 Å². The van der Waals surface area contributed by atoms with E-state index in [0.29, 0.717) is 24.6 Å². The third kappa shape index (κ3) is 4.77. The number of likely N-dealkylation sites (N-methyl/N-ethyl adjacent to an activating group) is 1. The smallest absolute Gasteiger partial charge is 0.240 e. The van der Waals surface area contributed by atoms with E-state index in [-0.39, 0.29) is 12.0 Å². The Morgan fingerprint density at radius 1 is 1.52 bits per heavy atom. The summed E-state index contributed by atoms with van der Waals surface area (Å²) in [6.45, 7) is 4.76. The van der Waals surface area contributed by atoms with Gasteiger partial charge in [0.25, 0.3) is 0 Å². The molecule has 0 aliphatic rings. The molecular weight excluding hydrogens is 286 g/mol. The zero-order chi connectivity index (χ0) is 15.4. The van der Waals surface area contributed by atoms with Crippen LogP contribution in [-0.4, -0.2) is 47.1 Å². The minimum absolute atomic E-state index is 0.0844. The number of thiazole rings is 1. The van der Waals surface area contributed by atoms with Gasteiger partial charge in [-0.25, -0.2) is 4.98 Å². The van der Waals surface area contributed by atoms with Gasteiger partial charge in [0.1, 0.15) is 0 Å². The lowest BCUT2D eigenvalue weighted by atomic mass is 10.2. The number of anilines is 1. The summed E-state index contributed by atoms with van der Waals surface area (Å²) in [5.41, 5.74) is 2.09. The van der Waals surface area contributed by atoms with Crippen LogP contribution in [0.25, 0.3) is 10.2 Å². The average molecular weight is 307 g/mol. The van der Waals surface area contributed by atoms with Gasteiger partial charge in [-0.1, -0.05) is 17.4 Å². The standard InChI is InChI=1S/C15H21N3O2S/c1-10-4-5-12-13(8-10)21-15(16-12)17-14(20)9-18(3)7-6-11(2)19/h4-5,8,11,19H,6-7,9H2,1-3H3,(H,16,17,20). The number of aromatic nitrogens is 1. The Bertz CT molecular complexity index is 624. The molecule has 2 N–H and O–H groups in total. The summed E-state index contributed by atoms with van der Waals surface area (Å²) in [5, 5.41) is 12.7. The number of fused-ring (bicyclic) bond motifs is 1. The molecule has 1 amide bonds. The molecule has 2 aromatic rings. The lowest BCUT2D eigenvalue weighted by Crippen LogP contribution is -2.31. The van der Waals surface area contributed by atoms with Gasteiger partial charge in [0.2, 0.25) is 5.91 Å². The van der Waals surface area contributed by atoms with Crippen LogP contribution < -0.4 is 5.32 Å². The normalized spacial score (nSPS) is 12.8. The van der Waals surface area contributed by atoms with Gasteiger partial charge in [0.05, 0.1) is 22.9 Å². The van der Waals surface area contributed by atoms with E-state index in [4.69, 9.17) is 0 Å². The highest BCUT2D eigenvalue weighted by atomic mass is 32.1. The van der Waals surface area contributed by atoms with Crippen LogP contribution in [0.1, 0.15) is 18.9 Å². The number of carbonyl (C=O) groups excluding carboxylic acids is 1. The predicted octanol–water partition coefficient (Wildman–Crippen LogP) is 2.25.